The fourth-order valence-corrected chi connectivity index (χ4v) is 4.96. The van der Waals surface area contributed by atoms with Gasteiger partial charge < -0.3 is 10.4 Å². The first kappa shape index (κ1) is 16.1. The number of carbonyl (C=O) groups is 1. The molecule has 3 nitrogen and oxygen atoms in total. The first-order chi connectivity index (χ1) is 13.1. The summed E-state index contributed by atoms with van der Waals surface area (Å²) in [6, 6.07) is 22.9. The molecule has 27 heavy (non-hydrogen) atoms. The topological polar surface area (TPSA) is 49.3 Å². The SMILES string of the molecule is Cc1cccc([C@@H]2Nc3c(C(=O)O)cccc3[C@@H]3c4ccccc4C[C@@H]32)c1. The third kappa shape index (κ3) is 2.46. The molecule has 134 valence electrons. The van der Waals surface area contributed by atoms with Crippen LogP contribution in [0.4, 0.5) is 5.69 Å². The number of aromatic carboxylic acids is 1. The molecule has 2 aliphatic rings. The van der Waals surface area contributed by atoms with Crippen LogP contribution in [0.1, 0.15) is 50.1 Å². The lowest BCUT2D eigenvalue weighted by atomic mass is 9.75. The molecule has 0 saturated heterocycles. The maximum absolute atomic E-state index is 11.9. The molecule has 2 N–H and O–H groups in total. The smallest absolute Gasteiger partial charge is 0.337 e. The quantitative estimate of drug-likeness (QED) is 0.667. The highest BCUT2D eigenvalue weighted by Crippen LogP contribution is 2.54. The number of para-hydroxylation sites is 1. The van der Waals surface area contributed by atoms with E-state index >= 15 is 0 Å². The van der Waals surface area contributed by atoms with Gasteiger partial charge in [-0.25, -0.2) is 4.79 Å². The molecule has 0 unspecified atom stereocenters. The van der Waals surface area contributed by atoms with E-state index in [1.54, 1.807) is 6.07 Å². The van der Waals surface area contributed by atoms with Crippen molar-refractivity contribution in [1.29, 1.82) is 0 Å². The van der Waals surface area contributed by atoms with Crippen LogP contribution < -0.4 is 5.32 Å². The summed E-state index contributed by atoms with van der Waals surface area (Å²) in [6.45, 7) is 2.10. The average Bonchev–Trinajstić information content (AvgIpc) is 3.06. The van der Waals surface area contributed by atoms with E-state index in [0.717, 1.165) is 17.7 Å². The molecule has 0 amide bonds. The Labute approximate surface area is 158 Å². The summed E-state index contributed by atoms with van der Waals surface area (Å²) in [5, 5.41) is 13.4. The van der Waals surface area contributed by atoms with Crippen molar-refractivity contribution in [2.75, 3.05) is 5.32 Å². The molecule has 3 aromatic rings. The van der Waals surface area contributed by atoms with Crippen molar-refractivity contribution >= 4 is 11.7 Å². The first-order valence-corrected chi connectivity index (χ1v) is 9.40. The van der Waals surface area contributed by atoms with Gasteiger partial charge in [0.2, 0.25) is 0 Å². The number of anilines is 1. The Kier molecular flexibility index (Phi) is 3.57. The Balaban J connectivity index is 1.73. The number of hydrogen-bond acceptors (Lipinski definition) is 2. The summed E-state index contributed by atoms with van der Waals surface area (Å²) >= 11 is 0. The normalized spacial score (nSPS) is 22.3. The van der Waals surface area contributed by atoms with E-state index in [2.05, 4.69) is 66.8 Å². The molecular weight excluding hydrogens is 334 g/mol. The minimum atomic E-state index is -0.882. The van der Waals surface area contributed by atoms with Crippen molar-refractivity contribution in [3.8, 4) is 0 Å². The van der Waals surface area contributed by atoms with Crippen molar-refractivity contribution < 1.29 is 9.90 Å². The summed E-state index contributed by atoms with van der Waals surface area (Å²) < 4.78 is 0. The largest absolute Gasteiger partial charge is 0.478 e. The molecule has 0 aromatic heterocycles. The minimum absolute atomic E-state index is 0.0929. The number of hydrogen-bond donors (Lipinski definition) is 2. The summed E-state index contributed by atoms with van der Waals surface area (Å²) in [6.07, 6.45) is 1.00. The zero-order chi connectivity index (χ0) is 18.5. The molecule has 0 radical (unpaired) electrons. The van der Waals surface area contributed by atoms with Gasteiger partial charge in [-0.2, -0.15) is 0 Å². The van der Waals surface area contributed by atoms with E-state index in [1.807, 2.05) is 6.07 Å². The van der Waals surface area contributed by atoms with Gasteiger partial charge in [0.1, 0.15) is 0 Å². The van der Waals surface area contributed by atoms with Crippen LogP contribution in [0.15, 0.2) is 66.7 Å². The predicted octanol–water partition coefficient (Wildman–Crippen LogP) is 5.16. The van der Waals surface area contributed by atoms with Gasteiger partial charge in [-0.15, -0.1) is 0 Å². The molecule has 5 rings (SSSR count). The van der Waals surface area contributed by atoms with Gasteiger partial charge in [-0.1, -0.05) is 66.2 Å². The lowest BCUT2D eigenvalue weighted by molar-refractivity contribution is 0.0697. The summed E-state index contributed by atoms with van der Waals surface area (Å²) in [5.41, 5.74) is 7.39. The van der Waals surface area contributed by atoms with Crippen LogP contribution in [0.5, 0.6) is 0 Å². The van der Waals surface area contributed by atoms with Crippen LogP contribution in [0.2, 0.25) is 0 Å². The van der Waals surface area contributed by atoms with Crippen molar-refractivity contribution in [2.24, 2.45) is 5.92 Å². The van der Waals surface area contributed by atoms with Gasteiger partial charge in [-0.3, -0.25) is 0 Å². The van der Waals surface area contributed by atoms with Gasteiger partial charge in [0, 0.05) is 5.92 Å². The molecule has 3 aromatic carbocycles. The number of rotatable bonds is 2. The summed E-state index contributed by atoms with van der Waals surface area (Å²) in [4.78, 5) is 11.9. The lowest BCUT2D eigenvalue weighted by Crippen LogP contribution is -2.31. The second-order valence-electron chi connectivity index (χ2n) is 7.66. The number of benzene rings is 3. The van der Waals surface area contributed by atoms with Crippen LogP contribution in [0, 0.1) is 12.8 Å². The highest BCUT2D eigenvalue weighted by Gasteiger charge is 2.44. The van der Waals surface area contributed by atoms with Crippen LogP contribution in [0.3, 0.4) is 0 Å². The van der Waals surface area contributed by atoms with E-state index in [4.69, 9.17) is 0 Å². The standard InChI is InChI=1S/C24H21NO2/c1-14-6-4-8-16(12-14)22-20-13-15-7-2-3-9-17(15)21(20)18-10-5-11-19(24(26)27)23(18)25-22/h2-12,20-22,25H,13H2,1H3,(H,26,27)/t20-,21-,22-/m0/s1. The van der Waals surface area contributed by atoms with E-state index in [-0.39, 0.29) is 12.0 Å². The highest BCUT2D eigenvalue weighted by atomic mass is 16.4. The fourth-order valence-electron chi connectivity index (χ4n) is 4.96. The molecule has 1 heterocycles. The van der Waals surface area contributed by atoms with E-state index in [1.165, 1.54) is 22.3 Å². The minimum Gasteiger partial charge on any atom is -0.478 e. The molecule has 0 saturated carbocycles. The molecule has 1 aliphatic heterocycles. The Morgan fingerprint density at radius 2 is 1.78 bits per heavy atom. The molecule has 3 atom stereocenters. The van der Waals surface area contributed by atoms with Gasteiger partial charge in [0.15, 0.2) is 0 Å². The number of aryl methyl sites for hydroxylation is 1. The molecule has 1 aliphatic carbocycles. The Morgan fingerprint density at radius 3 is 2.59 bits per heavy atom. The van der Waals surface area contributed by atoms with Crippen LogP contribution in [0.25, 0.3) is 0 Å². The third-order valence-electron chi connectivity index (χ3n) is 6.07. The van der Waals surface area contributed by atoms with E-state index in [0.29, 0.717) is 11.5 Å². The Hall–Kier alpha value is -3.07. The predicted molar refractivity (Wildman–Crippen MR) is 106 cm³/mol. The second-order valence-corrected chi connectivity index (χ2v) is 7.66. The molecular formula is C24H21NO2. The Bertz CT molecular complexity index is 1060. The van der Waals surface area contributed by atoms with Crippen molar-refractivity contribution in [3.63, 3.8) is 0 Å². The number of fused-ring (bicyclic) bond motifs is 5. The van der Waals surface area contributed by atoms with Crippen LogP contribution in [-0.4, -0.2) is 11.1 Å². The van der Waals surface area contributed by atoms with Crippen LogP contribution in [-0.2, 0) is 6.42 Å². The van der Waals surface area contributed by atoms with Crippen molar-refractivity contribution in [2.45, 2.75) is 25.3 Å². The van der Waals surface area contributed by atoms with Crippen LogP contribution >= 0.6 is 0 Å². The second kappa shape index (κ2) is 5.98. The van der Waals surface area contributed by atoms with Gasteiger partial charge in [-0.05, 0) is 47.6 Å². The number of carboxylic acids is 1. The molecule has 3 heteroatoms. The fraction of sp³-hybridized carbons (Fsp3) is 0.208. The summed E-state index contributed by atoms with van der Waals surface area (Å²) in [7, 11) is 0. The maximum Gasteiger partial charge on any atom is 0.337 e. The first-order valence-electron chi connectivity index (χ1n) is 9.40. The molecule has 0 fully saturated rings. The van der Waals surface area contributed by atoms with Gasteiger partial charge >= 0.3 is 5.97 Å². The number of nitrogens with one attached hydrogen (secondary N) is 1. The highest BCUT2D eigenvalue weighted by molar-refractivity contribution is 5.96. The molecule has 0 spiro atoms. The van der Waals surface area contributed by atoms with Gasteiger partial charge in [0.05, 0.1) is 17.3 Å². The van der Waals surface area contributed by atoms with Crippen molar-refractivity contribution in [1.82, 2.24) is 0 Å². The average molecular weight is 355 g/mol. The Morgan fingerprint density at radius 1 is 1.00 bits per heavy atom. The molecule has 0 bridgehead atoms. The van der Waals surface area contributed by atoms with Gasteiger partial charge in [0.25, 0.3) is 0 Å². The van der Waals surface area contributed by atoms with E-state index in [9.17, 15) is 9.90 Å². The van der Waals surface area contributed by atoms with E-state index < -0.39 is 5.97 Å². The monoisotopic (exact) mass is 355 g/mol. The maximum atomic E-state index is 11.9. The lowest BCUT2D eigenvalue weighted by Gasteiger charge is -2.38. The zero-order valence-corrected chi connectivity index (χ0v) is 15.1. The summed E-state index contributed by atoms with van der Waals surface area (Å²) in [5.74, 6) is -0.282. The van der Waals surface area contributed by atoms with Crippen molar-refractivity contribution in [3.05, 3.63) is 100 Å². The zero-order valence-electron chi connectivity index (χ0n) is 15.1. The third-order valence-corrected chi connectivity index (χ3v) is 6.07. The number of carboxylic acid groups (broad SMARTS) is 1.